The van der Waals surface area contributed by atoms with Gasteiger partial charge in [-0.2, -0.15) is 5.21 Å². The highest BCUT2D eigenvalue weighted by atomic mass is 19.1. The van der Waals surface area contributed by atoms with Crippen LogP contribution in [-0.4, -0.2) is 60.2 Å². The third-order valence-corrected chi connectivity index (χ3v) is 6.12. The average Bonchev–Trinajstić information content (AvgIpc) is 3.40. The van der Waals surface area contributed by atoms with E-state index in [1.165, 1.54) is 23.1 Å². The van der Waals surface area contributed by atoms with Crippen LogP contribution in [0.2, 0.25) is 0 Å². The van der Waals surface area contributed by atoms with Crippen molar-refractivity contribution >= 4 is 28.5 Å². The van der Waals surface area contributed by atoms with E-state index in [-0.39, 0.29) is 48.6 Å². The predicted molar refractivity (Wildman–Crippen MR) is 140 cm³/mol. The molecule has 200 valence electrons. The van der Waals surface area contributed by atoms with Gasteiger partial charge < -0.3 is 20.3 Å². The summed E-state index contributed by atoms with van der Waals surface area (Å²) in [5.74, 6) is 0.466. The Hall–Kier alpha value is -5.12. The van der Waals surface area contributed by atoms with Gasteiger partial charge in [-0.15, -0.1) is 16.6 Å². The Labute approximate surface area is 221 Å². The Bertz CT molecular complexity index is 1630. The fourth-order valence-corrected chi connectivity index (χ4v) is 4.23. The number of nitrogens with zero attached hydrogens (tertiary/aromatic N) is 5. The van der Waals surface area contributed by atoms with Crippen LogP contribution in [0.15, 0.2) is 35.1 Å². The summed E-state index contributed by atoms with van der Waals surface area (Å²) >= 11 is 0. The maximum absolute atomic E-state index is 15.3. The Kier molecular flexibility index (Phi) is 7.95. The summed E-state index contributed by atoms with van der Waals surface area (Å²) in [7, 11) is 0. The number of para-hydroxylation sites is 1. The maximum Gasteiger partial charge on any atom is 0.326 e. The van der Waals surface area contributed by atoms with Gasteiger partial charge in [0.05, 0.1) is 28.7 Å². The number of aromatic nitrogens is 6. The van der Waals surface area contributed by atoms with E-state index < -0.39 is 23.7 Å². The number of tetrazole rings is 1. The van der Waals surface area contributed by atoms with Crippen LogP contribution in [0.3, 0.4) is 0 Å². The van der Waals surface area contributed by atoms with Gasteiger partial charge in [-0.25, -0.2) is 14.2 Å². The smallest absolute Gasteiger partial charge is 0.326 e. The topological polar surface area (TPSA) is 170 Å². The molecule has 2 aromatic carbocycles. The lowest BCUT2D eigenvalue weighted by Crippen LogP contribution is -2.42. The summed E-state index contributed by atoms with van der Waals surface area (Å²) in [5, 5.41) is 25.7. The normalized spacial score (nSPS) is 11.6. The van der Waals surface area contributed by atoms with Gasteiger partial charge in [0.25, 0.3) is 11.5 Å². The van der Waals surface area contributed by atoms with Crippen LogP contribution >= 0.6 is 0 Å². The molecule has 0 aliphatic rings. The fraction of sp³-hybridized carbons (Fsp3) is 0.269. The number of benzene rings is 2. The first-order valence-corrected chi connectivity index (χ1v) is 11.9. The van der Waals surface area contributed by atoms with Gasteiger partial charge in [0.2, 0.25) is 0 Å². The zero-order chi connectivity index (χ0) is 28.1. The Morgan fingerprint density at radius 1 is 1.28 bits per heavy atom. The molecule has 0 saturated heterocycles. The number of terminal acetylenes is 1. The van der Waals surface area contributed by atoms with Gasteiger partial charge in [-0.3, -0.25) is 9.59 Å². The highest BCUT2D eigenvalue weighted by Gasteiger charge is 2.26. The minimum atomic E-state index is -1.29. The van der Waals surface area contributed by atoms with Crippen molar-refractivity contribution in [1.82, 2.24) is 35.9 Å². The summed E-state index contributed by atoms with van der Waals surface area (Å²) < 4.78 is 15.3. The Balaban J connectivity index is 1.66. The van der Waals surface area contributed by atoms with Crippen molar-refractivity contribution in [1.29, 1.82) is 0 Å². The number of carbonyl (C=O) groups excluding carboxylic acids is 1. The Morgan fingerprint density at radius 3 is 2.77 bits per heavy atom. The van der Waals surface area contributed by atoms with Crippen LogP contribution in [0.25, 0.3) is 10.9 Å². The predicted octanol–water partition coefficient (Wildman–Crippen LogP) is 1.65. The number of rotatable bonds is 10. The first kappa shape index (κ1) is 26.9. The zero-order valence-electron chi connectivity index (χ0n) is 21.2. The van der Waals surface area contributed by atoms with Crippen LogP contribution in [0.4, 0.5) is 10.1 Å². The van der Waals surface area contributed by atoms with Crippen molar-refractivity contribution in [2.24, 2.45) is 0 Å². The van der Waals surface area contributed by atoms with Gasteiger partial charge in [-0.1, -0.05) is 17.2 Å². The number of fused-ring (bicyclic) bond motifs is 1. The van der Waals surface area contributed by atoms with Crippen molar-refractivity contribution in [3.63, 3.8) is 0 Å². The SMILES string of the molecule is C#CCN(Cc1cc2c(=O)[nH]c(C)nc2cc1C)c1c(F)cccc1C(=O)N[C@H](CCc1nn[nH]n1)C(=O)O. The van der Waals surface area contributed by atoms with E-state index in [2.05, 4.69) is 41.8 Å². The number of aryl methyl sites for hydroxylation is 3. The molecule has 4 rings (SSSR count). The number of aliphatic carboxylic acids is 1. The number of hydrogen-bond donors (Lipinski definition) is 4. The minimum absolute atomic E-state index is 0.0162. The number of carboxylic acid groups (broad SMARTS) is 1. The average molecular weight is 533 g/mol. The summed E-state index contributed by atoms with van der Waals surface area (Å²) in [6.45, 7) is 3.52. The first-order valence-electron chi connectivity index (χ1n) is 11.9. The summed E-state index contributed by atoms with van der Waals surface area (Å²) in [4.78, 5) is 46.1. The lowest BCUT2D eigenvalue weighted by Gasteiger charge is -2.27. The van der Waals surface area contributed by atoms with Gasteiger partial charge in [0, 0.05) is 13.0 Å². The molecule has 0 bridgehead atoms. The van der Waals surface area contributed by atoms with Gasteiger partial charge in [0.1, 0.15) is 17.7 Å². The molecule has 1 atom stereocenters. The van der Waals surface area contributed by atoms with Crippen LogP contribution in [-0.2, 0) is 17.8 Å². The molecule has 0 unspecified atom stereocenters. The molecule has 0 radical (unpaired) electrons. The molecule has 4 aromatic rings. The minimum Gasteiger partial charge on any atom is -0.480 e. The number of halogens is 1. The summed E-state index contributed by atoms with van der Waals surface area (Å²) in [6, 6.07) is 6.06. The third-order valence-electron chi connectivity index (χ3n) is 6.12. The van der Waals surface area contributed by atoms with Crippen molar-refractivity contribution < 1.29 is 19.1 Å². The van der Waals surface area contributed by atoms with E-state index in [0.29, 0.717) is 22.3 Å². The second-order valence-corrected chi connectivity index (χ2v) is 8.87. The van der Waals surface area contributed by atoms with E-state index in [9.17, 15) is 19.5 Å². The second-order valence-electron chi connectivity index (χ2n) is 8.87. The highest BCUT2D eigenvalue weighted by molar-refractivity contribution is 6.01. The molecule has 0 aliphatic carbocycles. The molecule has 0 aliphatic heterocycles. The second kappa shape index (κ2) is 11.5. The van der Waals surface area contributed by atoms with Crippen molar-refractivity contribution in [2.75, 3.05) is 11.4 Å². The van der Waals surface area contributed by atoms with Crippen LogP contribution in [0, 0.1) is 32.0 Å². The third kappa shape index (κ3) is 6.07. The van der Waals surface area contributed by atoms with Crippen molar-refractivity contribution in [2.45, 2.75) is 39.3 Å². The standard InChI is InChI=1S/C26H25FN8O4/c1-4-10-35(13-16-12-18-21(11-14(16)2)28-15(3)29-25(18)37)23-17(6-5-7-19(23)27)24(36)30-20(26(38)39)8-9-22-31-33-34-32-22/h1,5-7,11-12,20H,8-10,13H2,2-3H3,(H,30,36)(H,38,39)(H,28,29,37)(H,31,32,33,34)/t20-/m1/s1. The van der Waals surface area contributed by atoms with E-state index in [1.807, 2.05) is 6.92 Å². The fourth-order valence-electron chi connectivity index (χ4n) is 4.23. The molecular formula is C26H25FN8O4. The van der Waals surface area contributed by atoms with Gasteiger partial charge >= 0.3 is 5.97 Å². The van der Waals surface area contributed by atoms with E-state index in [0.717, 1.165) is 5.56 Å². The van der Waals surface area contributed by atoms with E-state index in [4.69, 9.17) is 6.42 Å². The van der Waals surface area contributed by atoms with Gasteiger partial charge in [0.15, 0.2) is 5.82 Å². The van der Waals surface area contributed by atoms with E-state index in [1.54, 1.807) is 19.1 Å². The molecule has 12 nitrogen and oxygen atoms in total. The largest absolute Gasteiger partial charge is 0.480 e. The lowest BCUT2D eigenvalue weighted by molar-refractivity contribution is -0.139. The maximum atomic E-state index is 15.3. The van der Waals surface area contributed by atoms with Crippen LogP contribution in [0.1, 0.15) is 39.6 Å². The molecular weight excluding hydrogens is 507 g/mol. The molecule has 13 heteroatoms. The van der Waals surface area contributed by atoms with Crippen molar-refractivity contribution in [3.05, 3.63) is 74.8 Å². The number of carboxylic acids is 1. The molecule has 4 N–H and O–H groups in total. The molecule has 0 spiro atoms. The first-order chi connectivity index (χ1) is 18.7. The number of aromatic amines is 2. The number of anilines is 1. The highest BCUT2D eigenvalue weighted by Crippen LogP contribution is 2.28. The lowest BCUT2D eigenvalue weighted by atomic mass is 10.0. The summed E-state index contributed by atoms with van der Waals surface area (Å²) in [6.07, 6.45) is 5.72. The molecule has 0 saturated carbocycles. The van der Waals surface area contributed by atoms with Gasteiger partial charge in [-0.05, 0) is 55.7 Å². The molecule has 1 amide bonds. The number of H-pyrrole nitrogens is 2. The number of nitrogens with one attached hydrogen (secondary N) is 3. The molecule has 39 heavy (non-hydrogen) atoms. The monoisotopic (exact) mass is 532 g/mol. The number of amides is 1. The number of carbonyl (C=O) groups is 2. The molecule has 2 aromatic heterocycles. The Morgan fingerprint density at radius 2 is 2.08 bits per heavy atom. The van der Waals surface area contributed by atoms with E-state index >= 15 is 4.39 Å². The molecule has 2 heterocycles. The van der Waals surface area contributed by atoms with Crippen LogP contribution < -0.4 is 15.8 Å². The van der Waals surface area contributed by atoms with Crippen molar-refractivity contribution in [3.8, 4) is 12.3 Å². The number of hydrogen-bond acceptors (Lipinski definition) is 8. The zero-order valence-corrected chi connectivity index (χ0v) is 21.2. The summed E-state index contributed by atoms with van der Waals surface area (Å²) in [5.41, 5.74) is 1.49. The van der Waals surface area contributed by atoms with Crippen LogP contribution in [0.5, 0.6) is 0 Å². The molecule has 0 fully saturated rings. The quantitative estimate of drug-likeness (QED) is 0.222.